The van der Waals surface area contributed by atoms with Crippen molar-refractivity contribution in [3.63, 3.8) is 0 Å². The molecule has 2 saturated carbocycles. The highest BCUT2D eigenvalue weighted by molar-refractivity contribution is 6.31. The Kier molecular flexibility index (Phi) is 7.87. The zero-order valence-corrected chi connectivity index (χ0v) is 24.7. The largest absolute Gasteiger partial charge is 0.478 e. The number of hydrogen-bond donors (Lipinski definition) is 3. The molecular formula is C33H34ClN3O6. The van der Waals surface area contributed by atoms with E-state index in [1.807, 2.05) is 12.1 Å². The van der Waals surface area contributed by atoms with Crippen LogP contribution in [0.4, 0.5) is 5.69 Å². The molecule has 2 amide bonds. The number of nitrogens with zero attached hydrogens (tertiary/aromatic N) is 1. The molecule has 1 spiro atoms. The average molecular weight is 604 g/mol. The second-order valence-corrected chi connectivity index (χ2v) is 12.5. The fourth-order valence-electron chi connectivity index (χ4n) is 6.51. The Balaban J connectivity index is 1.39. The Morgan fingerprint density at radius 2 is 1.77 bits per heavy atom. The van der Waals surface area contributed by atoms with E-state index in [0.717, 1.165) is 49.7 Å². The van der Waals surface area contributed by atoms with Gasteiger partial charge in [-0.05, 0) is 105 Å². The van der Waals surface area contributed by atoms with Crippen LogP contribution in [0.25, 0.3) is 11.1 Å². The molecule has 3 aromatic rings. The Morgan fingerprint density at radius 1 is 1.05 bits per heavy atom. The summed E-state index contributed by atoms with van der Waals surface area (Å²) in [6.07, 6.45) is 7.94. The van der Waals surface area contributed by atoms with E-state index in [0.29, 0.717) is 34.7 Å². The molecule has 1 aliphatic heterocycles. The summed E-state index contributed by atoms with van der Waals surface area (Å²) in [5, 5.41) is 15.8. The van der Waals surface area contributed by atoms with Gasteiger partial charge in [0.25, 0.3) is 11.5 Å². The van der Waals surface area contributed by atoms with Crippen molar-refractivity contribution in [2.75, 3.05) is 12.4 Å². The molecule has 2 heterocycles. The number of halogens is 1. The summed E-state index contributed by atoms with van der Waals surface area (Å²) in [7, 11) is 1.70. The van der Waals surface area contributed by atoms with Gasteiger partial charge in [-0.15, -0.1) is 0 Å². The molecule has 2 aliphatic carbocycles. The van der Waals surface area contributed by atoms with E-state index in [1.54, 1.807) is 13.2 Å². The van der Waals surface area contributed by atoms with Crippen molar-refractivity contribution in [2.24, 2.45) is 5.92 Å². The number of fused-ring (bicyclic) bond motifs is 3. The normalized spacial score (nSPS) is 21.0. The Morgan fingerprint density at radius 3 is 2.42 bits per heavy atom. The minimum absolute atomic E-state index is 0.0992. The number of carbonyl (C=O) groups is 3. The first kappa shape index (κ1) is 29.1. The van der Waals surface area contributed by atoms with E-state index in [9.17, 15) is 24.3 Å². The lowest BCUT2D eigenvalue weighted by Gasteiger charge is -2.31. The van der Waals surface area contributed by atoms with Crippen LogP contribution in [0.1, 0.15) is 77.3 Å². The van der Waals surface area contributed by atoms with E-state index in [4.69, 9.17) is 16.3 Å². The number of carbonyl (C=O) groups excluding carboxylic acids is 2. The number of aromatic carboxylic acids is 1. The molecule has 2 fully saturated rings. The number of carboxylic acid groups (broad SMARTS) is 1. The molecule has 0 bridgehead atoms. The Hall–Kier alpha value is -3.95. The fraction of sp³-hybridized carbons (Fsp3) is 0.394. The highest BCUT2D eigenvalue weighted by atomic mass is 35.5. The summed E-state index contributed by atoms with van der Waals surface area (Å²) in [5.41, 5.74) is 2.38. The number of methoxy groups -OCH3 is 1. The van der Waals surface area contributed by atoms with Crippen molar-refractivity contribution < 1.29 is 24.2 Å². The van der Waals surface area contributed by atoms with Crippen molar-refractivity contribution in [3.05, 3.63) is 86.8 Å². The molecule has 1 atom stereocenters. The number of anilines is 1. The fourth-order valence-corrected chi connectivity index (χ4v) is 6.68. The molecule has 3 aliphatic rings. The van der Waals surface area contributed by atoms with Gasteiger partial charge >= 0.3 is 5.97 Å². The van der Waals surface area contributed by atoms with Crippen LogP contribution in [0.2, 0.25) is 5.02 Å². The second-order valence-electron chi connectivity index (χ2n) is 12.1. The number of ether oxygens (including phenoxy) is 1. The predicted molar refractivity (Wildman–Crippen MR) is 163 cm³/mol. The Labute approximate surface area is 254 Å². The van der Waals surface area contributed by atoms with Gasteiger partial charge in [-0.1, -0.05) is 17.7 Å². The summed E-state index contributed by atoms with van der Waals surface area (Å²) < 4.78 is 6.91. The maximum absolute atomic E-state index is 13.9. The van der Waals surface area contributed by atoms with Gasteiger partial charge in [0.15, 0.2) is 0 Å². The van der Waals surface area contributed by atoms with Crippen molar-refractivity contribution in [1.29, 1.82) is 0 Å². The SMILES string of the molecule is COC1CCC(CC(C(=O)Nc2ccc(C(=O)O)cc2)n2cc3c(cc2=O)-c2cc(Cl)ccc2CC2(CC2)NC3=O)CC1. The summed E-state index contributed by atoms with van der Waals surface area (Å²) in [6.45, 7) is 0. The van der Waals surface area contributed by atoms with Crippen molar-refractivity contribution in [3.8, 4) is 11.1 Å². The molecule has 10 heteroatoms. The van der Waals surface area contributed by atoms with E-state index in [-0.39, 0.29) is 29.0 Å². The molecule has 3 N–H and O–H groups in total. The molecular weight excluding hydrogens is 570 g/mol. The van der Waals surface area contributed by atoms with Crippen LogP contribution >= 0.6 is 11.6 Å². The third-order valence-electron chi connectivity index (χ3n) is 9.17. The van der Waals surface area contributed by atoms with Crippen LogP contribution < -0.4 is 16.2 Å². The molecule has 0 saturated heterocycles. The third-order valence-corrected chi connectivity index (χ3v) is 9.41. The van der Waals surface area contributed by atoms with Crippen LogP contribution in [-0.2, 0) is 16.0 Å². The first-order chi connectivity index (χ1) is 20.6. The van der Waals surface area contributed by atoms with Crippen LogP contribution in [0.15, 0.2) is 59.5 Å². The number of pyridine rings is 1. The van der Waals surface area contributed by atoms with E-state index in [1.165, 1.54) is 41.1 Å². The lowest BCUT2D eigenvalue weighted by molar-refractivity contribution is -0.120. The molecule has 224 valence electrons. The van der Waals surface area contributed by atoms with E-state index >= 15 is 0 Å². The van der Waals surface area contributed by atoms with E-state index < -0.39 is 23.5 Å². The van der Waals surface area contributed by atoms with Gasteiger partial charge in [-0.3, -0.25) is 14.4 Å². The number of benzene rings is 2. The highest BCUT2D eigenvalue weighted by Gasteiger charge is 2.46. The zero-order chi connectivity index (χ0) is 30.3. The number of hydrogen-bond acceptors (Lipinski definition) is 5. The van der Waals surface area contributed by atoms with Gasteiger partial charge in [-0.2, -0.15) is 0 Å². The van der Waals surface area contributed by atoms with Gasteiger partial charge < -0.3 is 25.0 Å². The third kappa shape index (κ3) is 6.10. The molecule has 0 radical (unpaired) electrons. The lowest BCUT2D eigenvalue weighted by atomic mass is 9.83. The van der Waals surface area contributed by atoms with Crippen molar-refractivity contribution in [1.82, 2.24) is 9.88 Å². The van der Waals surface area contributed by atoms with Gasteiger partial charge in [0.1, 0.15) is 6.04 Å². The molecule has 43 heavy (non-hydrogen) atoms. The molecule has 6 rings (SSSR count). The Bertz CT molecular complexity index is 1640. The van der Waals surface area contributed by atoms with Gasteiger partial charge in [0.2, 0.25) is 5.91 Å². The van der Waals surface area contributed by atoms with E-state index in [2.05, 4.69) is 10.6 Å². The number of amides is 2. The first-order valence-electron chi connectivity index (χ1n) is 14.7. The summed E-state index contributed by atoms with van der Waals surface area (Å²) in [5.74, 6) is -1.58. The van der Waals surface area contributed by atoms with Crippen molar-refractivity contribution in [2.45, 2.75) is 69.1 Å². The summed E-state index contributed by atoms with van der Waals surface area (Å²) >= 11 is 6.38. The van der Waals surface area contributed by atoms with Crippen LogP contribution in [0, 0.1) is 5.92 Å². The summed E-state index contributed by atoms with van der Waals surface area (Å²) in [4.78, 5) is 52.7. The van der Waals surface area contributed by atoms with Crippen LogP contribution in [0.3, 0.4) is 0 Å². The monoisotopic (exact) mass is 603 g/mol. The number of rotatable bonds is 7. The van der Waals surface area contributed by atoms with Gasteiger partial charge in [0, 0.05) is 41.2 Å². The van der Waals surface area contributed by atoms with Crippen LogP contribution in [0.5, 0.6) is 0 Å². The predicted octanol–water partition coefficient (Wildman–Crippen LogP) is 5.46. The molecule has 2 aromatic carbocycles. The van der Waals surface area contributed by atoms with Gasteiger partial charge in [-0.25, -0.2) is 4.79 Å². The minimum atomic E-state index is -1.07. The minimum Gasteiger partial charge on any atom is -0.478 e. The maximum atomic E-state index is 13.9. The number of aromatic nitrogens is 1. The standard InChI is InChI=1S/C33H34ClN3O6/c1-43-24-10-2-19(3-11-24)14-28(31(40)35-23-8-5-20(6-9-23)32(41)42)37-18-27-26(16-29(37)38)25-15-22(34)7-4-21(25)17-33(12-13-33)36-30(27)39/h4-9,15-16,18-19,24,28H,2-3,10-14,17H2,1H3,(H,35,40)(H,36,39)(H,41,42). The molecule has 1 unspecified atom stereocenters. The summed E-state index contributed by atoms with van der Waals surface area (Å²) in [6, 6.07) is 12.0. The van der Waals surface area contributed by atoms with Crippen molar-refractivity contribution >= 4 is 35.1 Å². The highest BCUT2D eigenvalue weighted by Crippen LogP contribution is 2.43. The molecule has 9 nitrogen and oxygen atoms in total. The zero-order valence-electron chi connectivity index (χ0n) is 23.9. The number of carboxylic acids is 1. The second kappa shape index (κ2) is 11.6. The molecule has 1 aromatic heterocycles. The smallest absolute Gasteiger partial charge is 0.335 e. The maximum Gasteiger partial charge on any atom is 0.335 e. The number of nitrogens with one attached hydrogen (secondary N) is 2. The van der Waals surface area contributed by atoms with Crippen LogP contribution in [-0.4, -0.2) is 46.2 Å². The lowest BCUT2D eigenvalue weighted by Crippen LogP contribution is -2.41. The average Bonchev–Trinajstić information content (AvgIpc) is 3.75. The first-order valence-corrected chi connectivity index (χ1v) is 15.1. The quantitative estimate of drug-likeness (QED) is 0.329. The van der Waals surface area contributed by atoms with Gasteiger partial charge in [0.05, 0.1) is 17.2 Å². The topological polar surface area (TPSA) is 127 Å².